The fourth-order valence-electron chi connectivity index (χ4n) is 1.12. The van der Waals surface area contributed by atoms with Gasteiger partial charge in [0.2, 0.25) is 0 Å². The van der Waals surface area contributed by atoms with Crippen LogP contribution in [-0.4, -0.2) is 19.1 Å². The van der Waals surface area contributed by atoms with Gasteiger partial charge in [0.1, 0.15) is 0 Å². The van der Waals surface area contributed by atoms with Crippen molar-refractivity contribution in [2.45, 2.75) is 0 Å². The van der Waals surface area contributed by atoms with Gasteiger partial charge in [-0.1, -0.05) is 0 Å². The van der Waals surface area contributed by atoms with E-state index in [0.29, 0.717) is 19.9 Å². The monoisotopic (exact) mass is 402 g/mol. The van der Waals surface area contributed by atoms with Crippen molar-refractivity contribution in [3.8, 4) is 6.07 Å². The van der Waals surface area contributed by atoms with E-state index in [1.807, 2.05) is 0 Å². The molecule has 1 N–H and O–H groups in total. The van der Waals surface area contributed by atoms with Crippen LogP contribution in [0.25, 0.3) is 9.69 Å². The summed E-state index contributed by atoms with van der Waals surface area (Å²) in [6.07, 6.45) is 1.20. The van der Waals surface area contributed by atoms with Crippen molar-refractivity contribution >= 4 is 54.8 Å². The fraction of sp³-hybridized carbons (Fsp3) is 0. The zero-order valence-corrected chi connectivity index (χ0v) is 14.2. The number of hydrogen-bond donors (Lipinski definition) is 1. The summed E-state index contributed by atoms with van der Waals surface area (Å²) in [5.41, 5.74) is 0. The number of rotatable bonds is 1. The van der Waals surface area contributed by atoms with Crippen LogP contribution in [0.1, 0.15) is 0 Å². The number of allylic oxidation sites excluding steroid dienone is 2. The van der Waals surface area contributed by atoms with E-state index in [2.05, 4.69) is 15.8 Å². The molecule has 0 atom stereocenters. The third-order valence-corrected chi connectivity index (χ3v) is 40.6. The maximum atomic E-state index is 8.99. The Kier molecular flexibility index (Phi) is 4.06. The quantitative estimate of drug-likeness (QED) is 0.412. The van der Waals surface area contributed by atoms with E-state index < -0.39 is 12.8 Å². The molecule has 4 nitrogen and oxygen atoms in total. The van der Waals surface area contributed by atoms with Gasteiger partial charge in [0.15, 0.2) is 0 Å². The third kappa shape index (κ3) is 2.35. The molecule has 0 bridgehead atoms. The summed E-state index contributed by atoms with van der Waals surface area (Å²) in [6.45, 7) is 14.1. The molecule has 0 saturated heterocycles. The van der Waals surface area contributed by atoms with E-state index in [4.69, 9.17) is 23.8 Å². The van der Waals surface area contributed by atoms with Crippen LogP contribution in [0.5, 0.6) is 0 Å². The van der Waals surface area contributed by atoms with Gasteiger partial charge in [-0.05, 0) is 0 Å². The summed E-state index contributed by atoms with van der Waals surface area (Å²) in [4.78, 5) is 8.05. The van der Waals surface area contributed by atoms with Gasteiger partial charge in [0, 0.05) is 0 Å². The number of hydrogen-bond acceptors (Lipinski definition) is 6. The summed E-state index contributed by atoms with van der Waals surface area (Å²) in [6, 6.07) is 2.10. The SMILES string of the molecule is [C-]#[N+]C1=C([N+]#[C-])[S][Sn]2([S]C(C#N)=C(C=N)[S]2)[S]1. The Bertz CT molecular complexity index is 562. The van der Waals surface area contributed by atoms with Crippen LogP contribution in [0.3, 0.4) is 0 Å². The molecule has 2 heterocycles. The van der Waals surface area contributed by atoms with Gasteiger partial charge in [0.25, 0.3) is 0 Å². The summed E-state index contributed by atoms with van der Waals surface area (Å²) in [5.74, 6) is 0. The zero-order chi connectivity index (χ0) is 12.5. The van der Waals surface area contributed by atoms with Crippen molar-refractivity contribution in [1.82, 2.24) is 0 Å². The molecule has 2 rings (SSSR count). The first-order chi connectivity index (χ1) is 8.18. The Hall–Kier alpha value is -0.181. The van der Waals surface area contributed by atoms with Gasteiger partial charge < -0.3 is 0 Å². The fourth-order valence-corrected chi connectivity index (χ4v) is 47.0. The van der Waals surface area contributed by atoms with E-state index >= 15 is 0 Å². The van der Waals surface area contributed by atoms with Crippen LogP contribution in [0.15, 0.2) is 19.9 Å². The van der Waals surface area contributed by atoms with E-state index in [-0.39, 0.29) is 0 Å². The van der Waals surface area contributed by atoms with Crippen molar-refractivity contribution in [1.29, 1.82) is 10.7 Å². The Balaban J connectivity index is 2.27. The summed E-state index contributed by atoms with van der Waals surface area (Å²) in [5, 5.41) is 17.2. The number of nitrogens with zero attached hydrogens (tertiary/aromatic N) is 3. The van der Waals surface area contributed by atoms with Gasteiger partial charge >= 0.3 is 114 Å². The maximum absolute atomic E-state index is 8.99. The van der Waals surface area contributed by atoms with E-state index in [1.165, 1.54) is 33.1 Å². The average molecular weight is 401 g/mol. The van der Waals surface area contributed by atoms with Gasteiger partial charge in [-0.15, -0.1) is 0 Å². The topological polar surface area (TPSA) is 56.4 Å². The predicted molar refractivity (Wildman–Crippen MR) is 77.8 cm³/mol. The van der Waals surface area contributed by atoms with Crippen molar-refractivity contribution in [2.24, 2.45) is 0 Å². The Morgan fingerprint density at radius 1 is 1.18 bits per heavy atom. The molecule has 17 heavy (non-hydrogen) atoms. The molecule has 0 aromatic rings. The first-order valence-corrected chi connectivity index (χ1v) is 21.3. The molecule has 0 aromatic carbocycles. The average Bonchev–Trinajstić information content (AvgIpc) is 2.89. The predicted octanol–water partition coefficient (Wildman–Crippen LogP) is 3.73. The van der Waals surface area contributed by atoms with Gasteiger partial charge in [0.05, 0.1) is 0 Å². The molecule has 0 aromatic heterocycles. The molecule has 0 fully saturated rings. The Labute approximate surface area is 113 Å². The Morgan fingerprint density at radius 3 is 2.12 bits per heavy atom. The van der Waals surface area contributed by atoms with Gasteiger partial charge in [-0.3, -0.25) is 0 Å². The molecule has 9 heteroatoms. The normalized spacial score (nSPS) is 21.2. The minimum absolute atomic E-state index is 0.476. The van der Waals surface area contributed by atoms with E-state index in [0.717, 1.165) is 0 Å². The minimum atomic E-state index is -2.90. The van der Waals surface area contributed by atoms with Crippen LogP contribution in [0.4, 0.5) is 0 Å². The second-order valence-corrected chi connectivity index (χ2v) is 41.8. The first-order valence-electron chi connectivity index (χ1n) is 4.08. The molecule has 2 aliphatic rings. The number of nitrogens with one attached hydrogen (secondary N) is 1. The molecule has 82 valence electrons. The van der Waals surface area contributed by atoms with Crippen molar-refractivity contribution in [2.75, 3.05) is 0 Å². The van der Waals surface area contributed by atoms with Crippen LogP contribution in [-0.2, 0) is 0 Å². The molecular formula is C8H2N4S4Sn. The standard InChI is InChI=1S/C4H2N2S2.C4H4N2S2.Sn/c1-5-3(7)4(8)6-2;5-1-3(7)4(8)2-6;/h7-8H;1,5,7-8H;/q;;+4/p-4. The number of nitriles is 1. The van der Waals surface area contributed by atoms with Crippen LogP contribution in [0, 0.1) is 29.9 Å². The molecule has 2 aliphatic heterocycles. The van der Waals surface area contributed by atoms with Crippen LogP contribution >= 0.6 is 35.8 Å². The van der Waals surface area contributed by atoms with E-state index in [1.54, 1.807) is 8.95 Å². The Morgan fingerprint density at radius 2 is 1.76 bits per heavy atom. The second kappa shape index (κ2) is 5.21. The van der Waals surface area contributed by atoms with Crippen molar-refractivity contribution in [3.05, 3.63) is 42.7 Å². The molecule has 1 spiro atoms. The van der Waals surface area contributed by atoms with Crippen molar-refractivity contribution < 1.29 is 0 Å². The van der Waals surface area contributed by atoms with E-state index in [9.17, 15) is 0 Å². The molecule has 0 unspecified atom stereocenters. The summed E-state index contributed by atoms with van der Waals surface area (Å²) >= 11 is -2.90. The third-order valence-electron chi connectivity index (χ3n) is 1.75. The zero-order valence-electron chi connectivity index (χ0n) is 8.05. The van der Waals surface area contributed by atoms with Crippen molar-refractivity contribution in [3.63, 3.8) is 0 Å². The van der Waals surface area contributed by atoms with Gasteiger partial charge in [-0.25, -0.2) is 0 Å². The molecule has 0 aliphatic carbocycles. The summed E-state index contributed by atoms with van der Waals surface area (Å²) < 4.78 is 0. The first kappa shape index (κ1) is 13.3. The van der Waals surface area contributed by atoms with Gasteiger partial charge in [-0.2, -0.15) is 0 Å². The molecular weight excluding hydrogens is 399 g/mol. The molecule has 0 radical (unpaired) electrons. The van der Waals surface area contributed by atoms with Crippen LogP contribution in [0.2, 0.25) is 0 Å². The van der Waals surface area contributed by atoms with Crippen LogP contribution < -0.4 is 0 Å². The molecule has 0 amide bonds. The summed E-state index contributed by atoms with van der Waals surface area (Å²) in [7, 11) is 6.12. The molecule has 0 saturated carbocycles. The second-order valence-electron chi connectivity index (χ2n) is 2.69.